The Hall–Kier alpha value is -14.9. The van der Waals surface area contributed by atoms with Crippen LogP contribution < -0.4 is 9.47 Å². The molecule has 8 heteroatoms. The van der Waals surface area contributed by atoms with Gasteiger partial charge in [0.2, 0.25) is 0 Å². The SMILES string of the molecule is c1ccc(-c2nc(-c3ccc(-c4ccc5c(c4)C4(c6ccccc6O5)c5ccccc5-c5ccccc54)cc3)nc(-c3cccc(-c4ccccc4-c4ccc5c(c4)C4(c6cc(-c7ccc(-c8nc(-c9ccccc9)nc(-c9ccccc9-c9ccccc9)n8)cc7)ccc6O5)c5ccccc5-c5ccccc54)c3)n2)cc1. The summed E-state index contributed by atoms with van der Waals surface area (Å²) in [7, 11) is 0. The molecule has 22 rings (SSSR count). The van der Waals surface area contributed by atoms with Crippen molar-refractivity contribution in [3.8, 4) is 169 Å². The lowest BCUT2D eigenvalue weighted by Crippen LogP contribution is -2.32. The first-order valence-electron chi connectivity index (χ1n) is 38.0. The fourth-order valence-electron chi connectivity index (χ4n) is 18.0. The van der Waals surface area contributed by atoms with Gasteiger partial charge < -0.3 is 9.47 Å². The van der Waals surface area contributed by atoms with Gasteiger partial charge in [-0.05, 0) is 149 Å². The molecule has 0 N–H and O–H groups in total. The maximum Gasteiger partial charge on any atom is 0.164 e. The number of para-hydroxylation sites is 1. The summed E-state index contributed by atoms with van der Waals surface area (Å²) < 4.78 is 14.0. The monoisotopic (exact) mass is 1430 g/mol. The van der Waals surface area contributed by atoms with Crippen LogP contribution in [0.4, 0.5) is 0 Å². The van der Waals surface area contributed by atoms with Gasteiger partial charge in [0, 0.05) is 55.6 Å². The highest BCUT2D eigenvalue weighted by Crippen LogP contribution is 2.65. The molecule has 2 aliphatic heterocycles. The molecule has 4 heterocycles. The molecule has 0 amide bonds. The highest BCUT2D eigenvalue weighted by atomic mass is 16.5. The maximum absolute atomic E-state index is 7.19. The minimum atomic E-state index is -0.765. The molecular formula is C104H64N6O2. The minimum Gasteiger partial charge on any atom is -0.457 e. The molecule has 16 aromatic carbocycles. The predicted octanol–water partition coefficient (Wildman–Crippen LogP) is 25.3. The van der Waals surface area contributed by atoms with Crippen molar-refractivity contribution in [3.63, 3.8) is 0 Å². The van der Waals surface area contributed by atoms with E-state index in [0.29, 0.717) is 34.9 Å². The van der Waals surface area contributed by atoms with Crippen LogP contribution in [0.25, 0.3) is 146 Å². The zero-order chi connectivity index (χ0) is 73.9. The van der Waals surface area contributed by atoms with Crippen molar-refractivity contribution in [2.45, 2.75) is 10.8 Å². The van der Waals surface area contributed by atoms with Crippen molar-refractivity contribution in [3.05, 3.63) is 433 Å². The number of hydrogen-bond acceptors (Lipinski definition) is 8. The quantitative estimate of drug-likeness (QED) is 0.126. The van der Waals surface area contributed by atoms with E-state index in [1.54, 1.807) is 0 Å². The van der Waals surface area contributed by atoms with Crippen molar-refractivity contribution in [2.24, 2.45) is 0 Å². The highest BCUT2D eigenvalue weighted by molar-refractivity contribution is 5.94. The molecule has 0 saturated heterocycles. The Morgan fingerprint density at radius 2 is 0.402 bits per heavy atom. The highest BCUT2D eigenvalue weighted by Gasteiger charge is 2.53. The second-order valence-electron chi connectivity index (χ2n) is 29.1. The minimum absolute atomic E-state index is 0.570. The number of rotatable bonds is 11. The molecule has 2 aromatic heterocycles. The van der Waals surface area contributed by atoms with Crippen LogP contribution in [0.2, 0.25) is 0 Å². The van der Waals surface area contributed by atoms with E-state index in [0.717, 1.165) is 134 Å². The second kappa shape index (κ2) is 25.9. The lowest BCUT2D eigenvalue weighted by Gasteiger charge is -2.40. The van der Waals surface area contributed by atoms with Crippen LogP contribution in [0.15, 0.2) is 388 Å². The van der Waals surface area contributed by atoms with E-state index < -0.39 is 10.8 Å². The first-order chi connectivity index (χ1) is 55.5. The van der Waals surface area contributed by atoms with Crippen molar-refractivity contribution >= 4 is 0 Å². The van der Waals surface area contributed by atoms with Crippen molar-refractivity contribution < 1.29 is 9.47 Å². The molecule has 2 aliphatic carbocycles. The van der Waals surface area contributed by atoms with Crippen LogP contribution in [-0.2, 0) is 10.8 Å². The standard InChI is InChI=1S/C104H64N6O2/c1-4-25-67(26-5-1)77-33-12-13-40-84(77)102-109-98(69-29-8-3-9-30-69)106-100(110-102)71-53-49-66(50-54-71)73-56-59-95-91(63-73)104(87-43-20-16-38-82(87)83-39-17-21-44-88(83)104)92-64-75(57-60-96(92)112-95)79-35-11-10-34-78(79)74-31-24-32-76(61-74)101-107-97(68-27-6-2-7-28-68)105-99(108-101)70-51-47-65(48-52-70)72-55-58-94-90(62-72)103(89-45-22-23-46-93(89)111-94)85-41-18-14-36-80(85)81-37-15-19-42-86(81)103/h1-64H. The summed E-state index contributed by atoms with van der Waals surface area (Å²) in [5.41, 5.74) is 28.8. The number of hydrogen-bond donors (Lipinski definition) is 0. The van der Waals surface area contributed by atoms with Gasteiger partial charge >= 0.3 is 0 Å². The van der Waals surface area contributed by atoms with Gasteiger partial charge in [0.1, 0.15) is 23.0 Å². The van der Waals surface area contributed by atoms with Crippen LogP contribution in [0.1, 0.15) is 44.5 Å². The van der Waals surface area contributed by atoms with E-state index in [-0.39, 0.29) is 0 Å². The molecule has 2 spiro atoms. The first-order valence-corrected chi connectivity index (χ1v) is 38.0. The lowest BCUT2D eigenvalue weighted by atomic mass is 9.65. The van der Waals surface area contributed by atoms with Crippen molar-refractivity contribution in [1.82, 2.24) is 29.9 Å². The van der Waals surface area contributed by atoms with E-state index in [9.17, 15) is 0 Å². The van der Waals surface area contributed by atoms with Gasteiger partial charge in [-0.25, -0.2) is 29.9 Å². The third-order valence-electron chi connectivity index (χ3n) is 23.0. The largest absolute Gasteiger partial charge is 0.457 e. The molecule has 0 fully saturated rings. The fraction of sp³-hybridized carbons (Fsp3) is 0.0192. The maximum atomic E-state index is 7.19. The molecule has 0 unspecified atom stereocenters. The number of fused-ring (bicyclic) bond motifs is 18. The van der Waals surface area contributed by atoms with Gasteiger partial charge in [-0.2, -0.15) is 0 Å². The molecule has 0 saturated carbocycles. The molecule has 18 aromatic rings. The van der Waals surface area contributed by atoms with Gasteiger partial charge in [0.15, 0.2) is 34.9 Å². The van der Waals surface area contributed by atoms with E-state index in [1.807, 2.05) is 60.7 Å². The average Bonchev–Trinajstić information content (AvgIpc) is 1.56. The van der Waals surface area contributed by atoms with E-state index in [4.69, 9.17) is 39.4 Å². The topological polar surface area (TPSA) is 95.8 Å². The molecule has 522 valence electrons. The smallest absolute Gasteiger partial charge is 0.164 e. The normalized spacial score (nSPS) is 13.1. The Morgan fingerprint density at radius 3 is 0.839 bits per heavy atom. The number of benzene rings is 16. The zero-order valence-corrected chi connectivity index (χ0v) is 60.5. The van der Waals surface area contributed by atoms with Crippen LogP contribution >= 0.6 is 0 Å². The Bertz CT molecular complexity index is 6730. The summed E-state index contributed by atoms with van der Waals surface area (Å²) in [6.07, 6.45) is 0. The Balaban J connectivity index is 0.616. The van der Waals surface area contributed by atoms with Crippen LogP contribution in [0, 0.1) is 0 Å². The van der Waals surface area contributed by atoms with Gasteiger partial charge in [0.25, 0.3) is 0 Å². The van der Waals surface area contributed by atoms with E-state index >= 15 is 0 Å². The third kappa shape index (κ3) is 10.2. The number of ether oxygens (including phenoxy) is 2. The van der Waals surface area contributed by atoms with E-state index in [1.165, 1.54) is 44.5 Å². The molecule has 0 atom stereocenters. The van der Waals surface area contributed by atoms with Gasteiger partial charge in [-0.1, -0.05) is 340 Å². The molecule has 0 bridgehead atoms. The molecular weight excluding hydrogens is 1370 g/mol. The average molecular weight is 1430 g/mol. The summed E-state index contributed by atoms with van der Waals surface area (Å²) in [6, 6.07) is 138. The summed E-state index contributed by atoms with van der Waals surface area (Å²) in [5, 5.41) is 0. The zero-order valence-electron chi connectivity index (χ0n) is 60.5. The van der Waals surface area contributed by atoms with Crippen LogP contribution in [-0.4, -0.2) is 29.9 Å². The summed E-state index contributed by atoms with van der Waals surface area (Å²) in [4.78, 5) is 31.4. The van der Waals surface area contributed by atoms with Crippen molar-refractivity contribution in [2.75, 3.05) is 0 Å². The summed E-state index contributed by atoms with van der Waals surface area (Å²) in [5.74, 6) is 6.88. The molecule has 112 heavy (non-hydrogen) atoms. The van der Waals surface area contributed by atoms with Crippen molar-refractivity contribution in [1.29, 1.82) is 0 Å². The Kier molecular flexibility index (Phi) is 14.9. The van der Waals surface area contributed by atoms with Crippen LogP contribution in [0.3, 0.4) is 0 Å². The number of aromatic nitrogens is 6. The first kappa shape index (κ1) is 64.3. The summed E-state index contributed by atoms with van der Waals surface area (Å²) in [6.45, 7) is 0. The van der Waals surface area contributed by atoms with Gasteiger partial charge in [-0.15, -0.1) is 0 Å². The number of nitrogens with zero attached hydrogens (tertiary/aromatic N) is 6. The summed E-state index contributed by atoms with van der Waals surface area (Å²) >= 11 is 0. The molecule has 0 radical (unpaired) electrons. The third-order valence-corrected chi connectivity index (χ3v) is 23.0. The Labute approximate surface area is 648 Å². The Morgan fingerprint density at radius 1 is 0.143 bits per heavy atom. The van der Waals surface area contributed by atoms with Gasteiger partial charge in [0.05, 0.1) is 10.8 Å². The predicted molar refractivity (Wildman–Crippen MR) is 448 cm³/mol. The van der Waals surface area contributed by atoms with E-state index in [2.05, 4.69) is 328 Å². The fourth-order valence-corrected chi connectivity index (χ4v) is 18.0. The lowest BCUT2D eigenvalue weighted by molar-refractivity contribution is 0.436. The second-order valence-corrected chi connectivity index (χ2v) is 29.1. The molecule has 4 aliphatic rings. The van der Waals surface area contributed by atoms with Gasteiger partial charge in [-0.3, -0.25) is 0 Å². The van der Waals surface area contributed by atoms with Crippen LogP contribution in [0.5, 0.6) is 23.0 Å². The molecule has 8 nitrogen and oxygen atoms in total.